The Hall–Kier alpha value is -0.610. The van der Waals surface area contributed by atoms with Crippen LogP contribution in [0.3, 0.4) is 0 Å². The molecule has 0 saturated carbocycles. The van der Waals surface area contributed by atoms with Crippen molar-refractivity contribution >= 4 is 15.9 Å². The molecule has 0 fully saturated rings. The summed E-state index contributed by atoms with van der Waals surface area (Å²) in [5, 5.41) is 9.44. The summed E-state index contributed by atoms with van der Waals surface area (Å²) in [5.41, 5.74) is -0.678. The fraction of sp³-hybridized carbons (Fsp3) is 0.500. The normalized spacial score (nSPS) is 11.4. The van der Waals surface area contributed by atoms with Crippen LogP contribution >= 0.6 is 15.9 Å². The highest BCUT2D eigenvalue weighted by Gasteiger charge is 2.11. The van der Waals surface area contributed by atoms with Crippen LogP contribution in [0.5, 0.6) is 5.75 Å². The van der Waals surface area contributed by atoms with Gasteiger partial charge in [0.1, 0.15) is 10.4 Å². The zero-order valence-corrected chi connectivity index (χ0v) is 9.91. The first-order valence-electron chi connectivity index (χ1n) is 4.44. The maximum absolute atomic E-state index is 9.44. The summed E-state index contributed by atoms with van der Waals surface area (Å²) in [4.78, 5) is 4.02. The summed E-state index contributed by atoms with van der Waals surface area (Å²) in [6.07, 6.45) is 2.25. The Labute approximate surface area is 92.3 Å². The van der Waals surface area contributed by atoms with E-state index in [0.717, 1.165) is 10.4 Å². The molecule has 4 heteroatoms. The van der Waals surface area contributed by atoms with Gasteiger partial charge in [-0.15, -0.1) is 0 Å². The molecule has 1 aromatic heterocycles. The Morgan fingerprint density at radius 2 is 2.21 bits per heavy atom. The standard InChI is InChI=1S/C10H14BrNO2/c1-10(2,13)5-6-14-8-3-4-9(11)12-7-8/h3-4,7,13H,5-6H2,1-2H3. The van der Waals surface area contributed by atoms with Crippen molar-refractivity contribution in [3.8, 4) is 5.75 Å². The molecule has 3 nitrogen and oxygen atoms in total. The van der Waals surface area contributed by atoms with Crippen LogP contribution in [0.4, 0.5) is 0 Å². The fourth-order valence-electron chi connectivity index (χ4n) is 0.866. The van der Waals surface area contributed by atoms with Crippen molar-refractivity contribution in [2.24, 2.45) is 0 Å². The molecule has 1 N–H and O–H groups in total. The van der Waals surface area contributed by atoms with E-state index >= 15 is 0 Å². The Bertz CT molecular complexity index is 279. The summed E-state index contributed by atoms with van der Waals surface area (Å²) in [6, 6.07) is 3.65. The second-order valence-corrected chi connectivity index (χ2v) is 4.54. The quantitative estimate of drug-likeness (QED) is 0.845. The number of pyridine rings is 1. The monoisotopic (exact) mass is 259 g/mol. The van der Waals surface area contributed by atoms with Gasteiger partial charge in [-0.1, -0.05) is 0 Å². The summed E-state index contributed by atoms with van der Waals surface area (Å²) in [6.45, 7) is 4.01. The van der Waals surface area contributed by atoms with Crippen LogP contribution in [0.2, 0.25) is 0 Å². The lowest BCUT2D eigenvalue weighted by Crippen LogP contribution is -2.21. The summed E-state index contributed by atoms with van der Waals surface area (Å²) in [7, 11) is 0. The van der Waals surface area contributed by atoms with E-state index in [1.165, 1.54) is 0 Å². The number of aliphatic hydroxyl groups is 1. The van der Waals surface area contributed by atoms with Crippen LogP contribution in [-0.4, -0.2) is 22.3 Å². The van der Waals surface area contributed by atoms with Crippen LogP contribution in [0.15, 0.2) is 22.9 Å². The lowest BCUT2D eigenvalue weighted by atomic mass is 10.1. The number of rotatable bonds is 4. The molecule has 0 aliphatic heterocycles. The van der Waals surface area contributed by atoms with Gasteiger partial charge in [-0.25, -0.2) is 4.98 Å². The predicted octanol–water partition coefficient (Wildman–Crippen LogP) is 2.38. The average molecular weight is 260 g/mol. The summed E-state index contributed by atoms with van der Waals surface area (Å²) in [5.74, 6) is 0.720. The number of halogens is 1. The molecule has 0 radical (unpaired) electrons. The van der Waals surface area contributed by atoms with Crippen LogP contribution in [0.25, 0.3) is 0 Å². The number of ether oxygens (including phenoxy) is 1. The Kier molecular flexibility index (Phi) is 3.89. The molecule has 14 heavy (non-hydrogen) atoms. The van der Waals surface area contributed by atoms with Gasteiger partial charge in [0.05, 0.1) is 18.4 Å². The molecule has 0 amide bonds. The van der Waals surface area contributed by atoms with Crippen molar-refractivity contribution in [2.45, 2.75) is 25.9 Å². The van der Waals surface area contributed by atoms with Gasteiger partial charge in [0, 0.05) is 6.42 Å². The van der Waals surface area contributed by atoms with Gasteiger partial charge in [-0.2, -0.15) is 0 Å². The fourth-order valence-corrected chi connectivity index (χ4v) is 1.10. The maximum Gasteiger partial charge on any atom is 0.137 e. The van der Waals surface area contributed by atoms with E-state index in [1.807, 2.05) is 12.1 Å². The van der Waals surface area contributed by atoms with E-state index in [-0.39, 0.29) is 0 Å². The van der Waals surface area contributed by atoms with Crippen molar-refractivity contribution < 1.29 is 9.84 Å². The number of hydrogen-bond acceptors (Lipinski definition) is 3. The third kappa shape index (κ3) is 4.58. The topological polar surface area (TPSA) is 42.4 Å². The highest BCUT2D eigenvalue weighted by molar-refractivity contribution is 9.10. The minimum absolute atomic E-state index is 0.493. The lowest BCUT2D eigenvalue weighted by molar-refractivity contribution is 0.0553. The number of hydrogen-bond donors (Lipinski definition) is 1. The predicted molar refractivity (Wildman–Crippen MR) is 58.3 cm³/mol. The summed E-state index contributed by atoms with van der Waals surface area (Å²) >= 11 is 3.24. The van der Waals surface area contributed by atoms with Crippen molar-refractivity contribution in [1.82, 2.24) is 4.98 Å². The van der Waals surface area contributed by atoms with Gasteiger partial charge < -0.3 is 9.84 Å². The molecule has 0 atom stereocenters. The lowest BCUT2D eigenvalue weighted by Gasteiger charge is -2.16. The van der Waals surface area contributed by atoms with Crippen LogP contribution in [-0.2, 0) is 0 Å². The van der Waals surface area contributed by atoms with Crippen LogP contribution < -0.4 is 4.74 Å². The van der Waals surface area contributed by atoms with Gasteiger partial charge in [0.2, 0.25) is 0 Å². The average Bonchev–Trinajstić information content (AvgIpc) is 2.06. The second-order valence-electron chi connectivity index (χ2n) is 3.73. The Balaban J connectivity index is 2.35. The minimum atomic E-state index is -0.678. The molecule has 1 aromatic rings. The largest absolute Gasteiger partial charge is 0.492 e. The molecule has 1 rings (SSSR count). The van der Waals surface area contributed by atoms with E-state index < -0.39 is 5.60 Å². The second kappa shape index (κ2) is 4.75. The molecule has 0 aromatic carbocycles. The van der Waals surface area contributed by atoms with Crippen LogP contribution in [0.1, 0.15) is 20.3 Å². The molecule has 0 bridgehead atoms. The third-order valence-electron chi connectivity index (χ3n) is 1.68. The maximum atomic E-state index is 9.44. The van der Waals surface area contributed by atoms with Crippen molar-refractivity contribution in [2.75, 3.05) is 6.61 Å². The van der Waals surface area contributed by atoms with E-state index in [2.05, 4.69) is 20.9 Å². The summed E-state index contributed by atoms with van der Waals surface area (Å²) < 4.78 is 6.18. The zero-order valence-electron chi connectivity index (χ0n) is 8.33. The molecule has 0 saturated heterocycles. The first-order valence-corrected chi connectivity index (χ1v) is 5.23. The first kappa shape index (κ1) is 11.5. The SMILES string of the molecule is CC(C)(O)CCOc1ccc(Br)nc1. The van der Waals surface area contributed by atoms with E-state index in [9.17, 15) is 5.11 Å². The molecule has 0 aliphatic carbocycles. The van der Waals surface area contributed by atoms with Gasteiger partial charge in [0.15, 0.2) is 0 Å². The Morgan fingerprint density at radius 1 is 1.50 bits per heavy atom. The molecular formula is C10H14BrNO2. The minimum Gasteiger partial charge on any atom is -0.492 e. The molecule has 1 heterocycles. The van der Waals surface area contributed by atoms with E-state index in [1.54, 1.807) is 20.0 Å². The van der Waals surface area contributed by atoms with Crippen molar-refractivity contribution in [1.29, 1.82) is 0 Å². The van der Waals surface area contributed by atoms with Crippen molar-refractivity contribution in [3.05, 3.63) is 22.9 Å². The molecule has 0 unspecified atom stereocenters. The highest BCUT2D eigenvalue weighted by atomic mass is 79.9. The van der Waals surface area contributed by atoms with Gasteiger partial charge in [0.25, 0.3) is 0 Å². The van der Waals surface area contributed by atoms with Gasteiger partial charge >= 0.3 is 0 Å². The number of nitrogens with zero attached hydrogens (tertiary/aromatic N) is 1. The number of aromatic nitrogens is 1. The molecule has 0 spiro atoms. The van der Waals surface area contributed by atoms with Crippen molar-refractivity contribution in [3.63, 3.8) is 0 Å². The van der Waals surface area contributed by atoms with Gasteiger partial charge in [-0.3, -0.25) is 0 Å². The molecule has 78 valence electrons. The smallest absolute Gasteiger partial charge is 0.137 e. The van der Waals surface area contributed by atoms with E-state index in [4.69, 9.17) is 4.74 Å². The van der Waals surface area contributed by atoms with E-state index in [0.29, 0.717) is 13.0 Å². The zero-order chi connectivity index (χ0) is 10.6. The molecule has 0 aliphatic rings. The third-order valence-corrected chi connectivity index (χ3v) is 2.15. The Morgan fingerprint density at radius 3 is 2.71 bits per heavy atom. The van der Waals surface area contributed by atoms with Gasteiger partial charge in [-0.05, 0) is 41.9 Å². The highest BCUT2D eigenvalue weighted by Crippen LogP contribution is 2.14. The molecular weight excluding hydrogens is 246 g/mol. The first-order chi connectivity index (χ1) is 6.47. The van der Waals surface area contributed by atoms with Crippen LogP contribution in [0, 0.1) is 0 Å².